The molecule has 7 nitrogen and oxygen atoms in total. The molecular weight excluding hydrogens is 224 g/mol. The van der Waals surface area contributed by atoms with Crippen LogP contribution in [0.3, 0.4) is 0 Å². The smallest absolute Gasteiger partial charge is 0.304 e. The number of sulfonamides is 1. The van der Waals surface area contributed by atoms with E-state index in [2.05, 4.69) is 14.4 Å². The van der Waals surface area contributed by atoms with Crippen LogP contribution in [0, 0.1) is 6.92 Å². The molecule has 0 aromatic carbocycles. The number of nitrogens with zero attached hydrogens (tertiary/aromatic N) is 1. The minimum absolute atomic E-state index is 0.0536. The Morgan fingerprint density at radius 2 is 2.33 bits per heavy atom. The highest BCUT2D eigenvalue weighted by Crippen LogP contribution is 2.09. The summed E-state index contributed by atoms with van der Waals surface area (Å²) in [5.41, 5.74) is 0. The molecule has 0 aliphatic carbocycles. The molecule has 0 aliphatic rings. The van der Waals surface area contributed by atoms with Gasteiger partial charge in [-0.1, -0.05) is 5.16 Å². The molecule has 0 spiro atoms. The van der Waals surface area contributed by atoms with Gasteiger partial charge in [0.1, 0.15) is 5.76 Å². The van der Waals surface area contributed by atoms with E-state index in [9.17, 15) is 13.2 Å². The van der Waals surface area contributed by atoms with Gasteiger partial charge in [0.2, 0.25) is 10.0 Å². The first kappa shape index (κ1) is 11.5. The predicted molar refractivity (Wildman–Crippen MR) is 50.9 cm³/mol. The fourth-order valence-electron chi connectivity index (χ4n) is 0.847. The molecule has 84 valence electrons. The number of hydrogen-bond acceptors (Lipinski definition) is 5. The molecule has 1 heterocycles. The van der Waals surface area contributed by atoms with Crippen LogP contribution in [0.2, 0.25) is 0 Å². The number of hydrogen-bond donors (Lipinski definition) is 2. The second-order valence-corrected chi connectivity index (χ2v) is 4.73. The Labute approximate surface area is 86.1 Å². The van der Waals surface area contributed by atoms with Crippen molar-refractivity contribution in [2.45, 2.75) is 13.3 Å². The SMILES string of the molecule is Cc1cc(NS(=O)(=O)CCC(=O)O)no1. The number of carboxylic acids is 1. The highest BCUT2D eigenvalue weighted by Gasteiger charge is 2.14. The van der Waals surface area contributed by atoms with Crippen LogP contribution in [-0.4, -0.2) is 30.4 Å². The minimum Gasteiger partial charge on any atom is -0.481 e. The molecule has 0 fully saturated rings. The number of aromatic nitrogens is 1. The van der Waals surface area contributed by atoms with E-state index in [0.717, 1.165) is 0 Å². The summed E-state index contributed by atoms with van der Waals surface area (Å²) in [6.07, 6.45) is -0.452. The Morgan fingerprint density at radius 1 is 1.67 bits per heavy atom. The van der Waals surface area contributed by atoms with E-state index in [4.69, 9.17) is 5.11 Å². The Bertz CT molecular complexity index is 450. The summed E-state index contributed by atoms with van der Waals surface area (Å²) in [6.45, 7) is 1.61. The van der Waals surface area contributed by atoms with Crippen LogP contribution in [0.15, 0.2) is 10.6 Å². The van der Waals surface area contributed by atoms with Gasteiger partial charge >= 0.3 is 5.97 Å². The summed E-state index contributed by atoms with van der Waals surface area (Å²) < 4.78 is 29.3. The maximum atomic E-state index is 11.3. The number of anilines is 1. The maximum absolute atomic E-state index is 11.3. The van der Waals surface area contributed by atoms with Crippen LogP contribution < -0.4 is 4.72 Å². The van der Waals surface area contributed by atoms with Crippen LogP contribution in [-0.2, 0) is 14.8 Å². The van der Waals surface area contributed by atoms with Crippen LogP contribution in [0.25, 0.3) is 0 Å². The Balaban J connectivity index is 2.60. The summed E-state index contributed by atoms with van der Waals surface area (Å²) in [5.74, 6) is -1.14. The van der Waals surface area contributed by atoms with Crippen LogP contribution in [0.5, 0.6) is 0 Å². The van der Waals surface area contributed by atoms with E-state index in [-0.39, 0.29) is 5.82 Å². The van der Waals surface area contributed by atoms with Crippen molar-refractivity contribution in [3.63, 3.8) is 0 Å². The fourth-order valence-corrected chi connectivity index (χ4v) is 1.81. The molecule has 0 amide bonds. The third-order valence-corrected chi connectivity index (χ3v) is 2.73. The number of aliphatic carboxylic acids is 1. The highest BCUT2D eigenvalue weighted by molar-refractivity contribution is 7.92. The van der Waals surface area contributed by atoms with Crippen molar-refractivity contribution in [3.8, 4) is 0 Å². The third-order valence-electron chi connectivity index (χ3n) is 1.47. The van der Waals surface area contributed by atoms with Gasteiger partial charge in [0.05, 0.1) is 12.2 Å². The molecule has 0 radical (unpaired) electrons. The number of aryl methyl sites for hydroxylation is 1. The quantitative estimate of drug-likeness (QED) is 0.753. The molecule has 0 unspecified atom stereocenters. The van der Waals surface area contributed by atoms with Crippen molar-refractivity contribution in [3.05, 3.63) is 11.8 Å². The summed E-state index contributed by atoms with van der Waals surface area (Å²) in [6, 6.07) is 1.40. The van der Waals surface area contributed by atoms with Crippen molar-refractivity contribution in [1.29, 1.82) is 0 Å². The largest absolute Gasteiger partial charge is 0.481 e. The van der Waals surface area contributed by atoms with Gasteiger partial charge in [-0.3, -0.25) is 9.52 Å². The zero-order valence-corrected chi connectivity index (χ0v) is 8.74. The molecule has 0 saturated heterocycles. The van der Waals surface area contributed by atoms with E-state index in [1.807, 2.05) is 0 Å². The van der Waals surface area contributed by atoms with Crippen molar-refractivity contribution in [2.24, 2.45) is 0 Å². The molecule has 0 aliphatic heterocycles. The first-order valence-electron chi connectivity index (χ1n) is 4.05. The Kier molecular flexibility index (Phi) is 3.30. The van der Waals surface area contributed by atoms with Crippen molar-refractivity contribution in [2.75, 3.05) is 10.5 Å². The third kappa shape index (κ3) is 3.98. The van der Waals surface area contributed by atoms with E-state index in [1.165, 1.54) is 6.07 Å². The second-order valence-electron chi connectivity index (χ2n) is 2.89. The fraction of sp³-hybridized carbons (Fsp3) is 0.429. The molecule has 1 aromatic heterocycles. The van der Waals surface area contributed by atoms with Crippen LogP contribution in [0.4, 0.5) is 5.82 Å². The highest BCUT2D eigenvalue weighted by atomic mass is 32.2. The van der Waals surface area contributed by atoms with Crippen molar-refractivity contribution < 1.29 is 22.8 Å². The van der Waals surface area contributed by atoms with Gasteiger partial charge in [0, 0.05) is 6.07 Å². The molecule has 2 N–H and O–H groups in total. The normalized spacial score (nSPS) is 11.3. The summed E-state index contributed by atoms with van der Waals surface area (Å²) >= 11 is 0. The lowest BCUT2D eigenvalue weighted by atomic mass is 10.5. The molecule has 0 saturated carbocycles. The predicted octanol–water partition coefficient (Wildman–Crippen LogP) is 0.199. The summed E-state index contributed by atoms with van der Waals surface area (Å²) in [5, 5.41) is 11.7. The molecule has 1 aromatic rings. The van der Waals surface area contributed by atoms with Gasteiger partial charge in [-0.2, -0.15) is 0 Å². The Morgan fingerprint density at radius 3 is 2.80 bits per heavy atom. The minimum atomic E-state index is -3.67. The number of carbonyl (C=O) groups is 1. The standard InChI is InChI=1S/C7H10N2O5S/c1-5-4-6(8-14-5)9-15(12,13)3-2-7(10)11/h4H,2-3H2,1H3,(H,8,9)(H,10,11). The monoisotopic (exact) mass is 234 g/mol. The van der Waals surface area contributed by atoms with Gasteiger partial charge in [-0.25, -0.2) is 8.42 Å². The molecular formula is C7H10N2O5S. The molecule has 0 atom stereocenters. The molecule has 8 heteroatoms. The van der Waals surface area contributed by atoms with E-state index >= 15 is 0 Å². The molecule has 1 rings (SSSR count). The van der Waals surface area contributed by atoms with Gasteiger partial charge in [0.15, 0.2) is 5.82 Å². The van der Waals surface area contributed by atoms with Crippen LogP contribution >= 0.6 is 0 Å². The summed E-state index contributed by atoms with van der Waals surface area (Å²) in [7, 11) is -3.67. The Hall–Kier alpha value is -1.57. The average molecular weight is 234 g/mol. The van der Waals surface area contributed by atoms with Gasteiger partial charge in [0.25, 0.3) is 0 Å². The lowest BCUT2D eigenvalue weighted by molar-refractivity contribution is -0.136. The maximum Gasteiger partial charge on any atom is 0.304 e. The van der Waals surface area contributed by atoms with Crippen molar-refractivity contribution in [1.82, 2.24) is 5.16 Å². The van der Waals surface area contributed by atoms with Gasteiger partial charge < -0.3 is 9.63 Å². The zero-order chi connectivity index (χ0) is 11.5. The van der Waals surface area contributed by atoms with Crippen LogP contribution in [0.1, 0.15) is 12.2 Å². The first-order valence-corrected chi connectivity index (χ1v) is 5.70. The van der Waals surface area contributed by atoms with Gasteiger partial charge in [-0.15, -0.1) is 0 Å². The lowest BCUT2D eigenvalue weighted by Gasteiger charge is -2.01. The van der Waals surface area contributed by atoms with Gasteiger partial charge in [-0.05, 0) is 6.92 Å². The van der Waals surface area contributed by atoms with E-state index < -0.39 is 28.2 Å². The lowest BCUT2D eigenvalue weighted by Crippen LogP contribution is -2.19. The zero-order valence-electron chi connectivity index (χ0n) is 7.93. The second kappa shape index (κ2) is 4.30. The number of carboxylic acid groups (broad SMARTS) is 1. The first-order chi connectivity index (χ1) is 6.89. The van der Waals surface area contributed by atoms with E-state index in [0.29, 0.717) is 5.76 Å². The molecule has 0 bridgehead atoms. The van der Waals surface area contributed by atoms with E-state index in [1.54, 1.807) is 6.92 Å². The van der Waals surface area contributed by atoms with Crippen molar-refractivity contribution >= 4 is 21.8 Å². The average Bonchev–Trinajstić information content (AvgIpc) is 2.47. The topological polar surface area (TPSA) is 110 Å². The number of rotatable bonds is 5. The molecule has 15 heavy (non-hydrogen) atoms. The number of nitrogens with one attached hydrogen (secondary N) is 1. The summed E-state index contributed by atoms with van der Waals surface area (Å²) in [4.78, 5) is 10.2.